The van der Waals surface area contributed by atoms with E-state index in [1.165, 1.54) is 0 Å². The summed E-state index contributed by atoms with van der Waals surface area (Å²) in [6.45, 7) is 3.44. The van der Waals surface area contributed by atoms with Crippen LogP contribution in [0.3, 0.4) is 0 Å². The van der Waals surface area contributed by atoms with Crippen molar-refractivity contribution in [3.63, 3.8) is 0 Å². The molecule has 0 fully saturated rings. The van der Waals surface area contributed by atoms with Crippen LogP contribution in [0.25, 0.3) is 22.5 Å². The van der Waals surface area contributed by atoms with Gasteiger partial charge in [0.25, 0.3) is 5.91 Å². The Balaban J connectivity index is 1.70. The third kappa shape index (κ3) is 4.19. The van der Waals surface area contributed by atoms with Gasteiger partial charge in [0.05, 0.1) is 5.69 Å². The summed E-state index contributed by atoms with van der Waals surface area (Å²) in [5.41, 5.74) is 3.53. The summed E-state index contributed by atoms with van der Waals surface area (Å²) in [7, 11) is 0. The average Bonchev–Trinajstić information content (AvgIpc) is 3.18. The van der Waals surface area contributed by atoms with Crippen molar-refractivity contribution in [3.05, 3.63) is 96.0 Å². The van der Waals surface area contributed by atoms with E-state index >= 15 is 0 Å². The normalized spacial score (nSPS) is 10.6. The second-order valence-corrected chi connectivity index (χ2v) is 7.07. The number of halogens is 1. The van der Waals surface area contributed by atoms with E-state index < -0.39 is 0 Å². The molecular weight excluding hydrogens is 396 g/mol. The molecular formula is C25H19ClN2O2. The van der Waals surface area contributed by atoms with Gasteiger partial charge in [0.2, 0.25) is 0 Å². The second-order valence-electron chi connectivity index (χ2n) is 6.66. The van der Waals surface area contributed by atoms with Gasteiger partial charge in [-0.15, -0.1) is 0 Å². The van der Waals surface area contributed by atoms with Crippen molar-refractivity contribution in [3.8, 4) is 34.0 Å². The number of rotatable bonds is 6. The van der Waals surface area contributed by atoms with Gasteiger partial charge in [-0.05, 0) is 66.9 Å². The standard InChI is InChI=1S/C25H19ClN2O2/c1-27-25(29)17-28-23(15-16-24(28)21-9-5-6-10-22(21)26)18-11-13-20(14-12-18)30-19-7-3-2-4-8-19/h2-16H,1,17H2. The van der Waals surface area contributed by atoms with Crippen LogP contribution in [0.5, 0.6) is 11.5 Å². The van der Waals surface area contributed by atoms with Crippen molar-refractivity contribution in [2.75, 3.05) is 0 Å². The van der Waals surface area contributed by atoms with Gasteiger partial charge in [-0.3, -0.25) is 4.79 Å². The number of carbonyl (C=O) groups is 1. The minimum absolute atomic E-state index is 0.0780. The van der Waals surface area contributed by atoms with Crippen LogP contribution in [0.15, 0.2) is 96.0 Å². The minimum atomic E-state index is -0.315. The number of aromatic nitrogens is 1. The smallest absolute Gasteiger partial charge is 0.264 e. The molecule has 1 heterocycles. The lowest BCUT2D eigenvalue weighted by atomic mass is 10.1. The van der Waals surface area contributed by atoms with Gasteiger partial charge in [-0.1, -0.05) is 48.0 Å². The molecule has 0 aliphatic rings. The third-order valence-corrected chi connectivity index (χ3v) is 5.06. The first-order valence-corrected chi connectivity index (χ1v) is 9.81. The lowest BCUT2D eigenvalue weighted by Crippen LogP contribution is -2.10. The Labute approximate surface area is 180 Å². The number of hydrogen-bond acceptors (Lipinski definition) is 2. The summed E-state index contributed by atoms with van der Waals surface area (Å²) in [5.74, 6) is 1.19. The van der Waals surface area contributed by atoms with Crippen LogP contribution in [0.1, 0.15) is 0 Å². The Morgan fingerprint density at radius 1 is 0.833 bits per heavy atom. The molecule has 4 rings (SSSR count). The fourth-order valence-electron chi connectivity index (χ4n) is 3.30. The lowest BCUT2D eigenvalue weighted by Gasteiger charge is -2.14. The van der Waals surface area contributed by atoms with E-state index in [0.29, 0.717) is 5.02 Å². The number of carbonyl (C=O) groups excluding carboxylic acids is 1. The first-order valence-electron chi connectivity index (χ1n) is 9.43. The number of nitrogens with zero attached hydrogens (tertiary/aromatic N) is 2. The summed E-state index contributed by atoms with van der Waals surface area (Å²) in [6.07, 6.45) is 0. The summed E-state index contributed by atoms with van der Waals surface area (Å²) in [5, 5.41) is 0.619. The molecule has 0 bridgehead atoms. The third-order valence-electron chi connectivity index (χ3n) is 4.73. The Hall–Kier alpha value is -3.63. The van der Waals surface area contributed by atoms with Crippen molar-refractivity contribution in [1.82, 2.24) is 4.57 Å². The fraction of sp³-hybridized carbons (Fsp3) is 0.0400. The molecule has 4 aromatic rings. The monoisotopic (exact) mass is 414 g/mol. The van der Waals surface area contributed by atoms with Crippen LogP contribution < -0.4 is 4.74 Å². The van der Waals surface area contributed by atoms with E-state index in [1.54, 1.807) is 0 Å². The SMILES string of the molecule is C=NC(=O)Cn1c(-c2ccc(Oc3ccccc3)cc2)ccc1-c1ccccc1Cl. The Morgan fingerprint density at radius 2 is 1.47 bits per heavy atom. The van der Waals surface area contributed by atoms with Crippen LogP contribution in [0, 0.1) is 0 Å². The predicted molar refractivity (Wildman–Crippen MR) is 121 cm³/mol. The van der Waals surface area contributed by atoms with Crippen LogP contribution in [0.4, 0.5) is 0 Å². The van der Waals surface area contributed by atoms with Crippen LogP contribution in [-0.4, -0.2) is 17.2 Å². The summed E-state index contributed by atoms with van der Waals surface area (Å²) < 4.78 is 7.78. The number of ether oxygens (including phenoxy) is 1. The fourth-order valence-corrected chi connectivity index (χ4v) is 3.53. The molecule has 0 radical (unpaired) electrons. The Bertz CT molecular complexity index is 1180. The molecule has 0 saturated heterocycles. The number of benzene rings is 3. The molecule has 3 aromatic carbocycles. The van der Waals surface area contributed by atoms with Crippen molar-refractivity contribution in [1.29, 1.82) is 0 Å². The molecule has 0 atom stereocenters. The maximum absolute atomic E-state index is 12.1. The maximum atomic E-state index is 12.1. The minimum Gasteiger partial charge on any atom is -0.457 e. The highest BCUT2D eigenvalue weighted by atomic mass is 35.5. The van der Waals surface area contributed by atoms with Crippen molar-refractivity contribution >= 4 is 24.2 Å². The summed E-state index contributed by atoms with van der Waals surface area (Å²) in [4.78, 5) is 15.6. The van der Waals surface area contributed by atoms with Crippen LogP contribution in [0.2, 0.25) is 5.02 Å². The topological polar surface area (TPSA) is 43.6 Å². The van der Waals surface area contributed by atoms with Crippen molar-refractivity contribution in [2.45, 2.75) is 6.54 Å². The van der Waals surface area contributed by atoms with Gasteiger partial charge in [0.1, 0.15) is 18.0 Å². The molecule has 1 amide bonds. The molecule has 0 aliphatic heterocycles. The summed E-state index contributed by atoms with van der Waals surface area (Å²) in [6, 6.07) is 28.8. The first-order chi connectivity index (χ1) is 14.7. The number of para-hydroxylation sites is 1. The molecule has 0 aliphatic carbocycles. The van der Waals surface area contributed by atoms with Crippen molar-refractivity contribution < 1.29 is 9.53 Å². The zero-order chi connectivity index (χ0) is 20.9. The first kappa shape index (κ1) is 19.7. The molecule has 30 heavy (non-hydrogen) atoms. The molecule has 4 nitrogen and oxygen atoms in total. The zero-order valence-corrected chi connectivity index (χ0v) is 16.9. The highest BCUT2D eigenvalue weighted by molar-refractivity contribution is 6.33. The Morgan fingerprint density at radius 3 is 2.17 bits per heavy atom. The number of aliphatic imine (C=N–C) groups is 1. The summed E-state index contributed by atoms with van der Waals surface area (Å²) >= 11 is 6.40. The molecule has 5 heteroatoms. The van der Waals surface area contributed by atoms with E-state index in [0.717, 1.165) is 34.0 Å². The number of amides is 1. The molecule has 1 aromatic heterocycles. The van der Waals surface area contributed by atoms with Gasteiger partial charge in [-0.25, -0.2) is 4.99 Å². The second kappa shape index (κ2) is 8.80. The molecule has 0 unspecified atom stereocenters. The van der Waals surface area contributed by atoms with E-state index in [9.17, 15) is 4.79 Å². The van der Waals surface area contributed by atoms with Gasteiger partial charge >= 0.3 is 0 Å². The van der Waals surface area contributed by atoms with Gasteiger partial charge < -0.3 is 9.30 Å². The Kier molecular flexibility index (Phi) is 5.77. The van der Waals surface area contributed by atoms with E-state index in [2.05, 4.69) is 11.7 Å². The number of hydrogen-bond donors (Lipinski definition) is 0. The zero-order valence-electron chi connectivity index (χ0n) is 16.2. The van der Waals surface area contributed by atoms with Gasteiger partial charge in [0, 0.05) is 16.3 Å². The largest absolute Gasteiger partial charge is 0.457 e. The molecule has 0 spiro atoms. The molecule has 148 valence electrons. The lowest BCUT2D eigenvalue weighted by molar-refractivity contribution is -0.118. The van der Waals surface area contributed by atoms with Crippen LogP contribution >= 0.6 is 11.6 Å². The predicted octanol–water partition coefficient (Wildman–Crippen LogP) is 6.50. The quantitative estimate of drug-likeness (QED) is 0.338. The highest BCUT2D eigenvalue weighted by Crippen LogP contribution is 2.34. The van der Waals surface area contributed by atoms with Gasteiger partial charge in [0.15, 0.2) is 0 Å². The van der Waals surface area contributed by atoms with Gasteiger partial charge in [-0.2, -0.15) is 0 Å². The van der Waals surface area contributed by atoms with Crippen LogP contribution in [-0.2, 0) is 11.3 Å². The molecule has 0 N–H and O–H groups in total. The van der Waals surface area contributed by atoms with Crippen molar-refractivity contribution in [2.24, 2.45) is 4.99 Å². The van der Waals surface area contributed by atoms with E-state index in [1.807, 2.05) is 95.6 Å². The van der Waals surface area contributed by atoms with E-state index in [4.69, 9.17) is 16.3 Å². The van der Waals surface area contributed by atoms with E-state index in [-0.39, 0.29) is 12.5 Å². The highest BCUT2D eigenvalue weighted by Gasteiger charge is 2.16. The molecule has 0 saturated carbocycles. The maximum Gasteiger partial charge on any atom is 0.264 e. The average molecular weight is 415 g/mol.